The first-order valence-corrected chi connectivity index (χ1v) is 11.5. The van der Waals surface area contributed by atoms with Gasteiger partial charge in [0.05, 0.1) is 13.0 Å². The first-order chi connectivity index (χ1) is 17.2. The molecule has 0 saturated carbocycles. The Kier molecular flexibility index (Phi) is 10.8. The molecule has 1 heterocycles. The van der Waals surface area contributed by atoms with E-state index in [1.165, 1.54) is 0 Å². The molecular formula is C23H32N6O7. The number of carboxylic acids is 2. The molecule has 0 bridgehead atoms. The van der Waals surface area contributed by atoms with E-state index in [4.69, 9.17) is 11.5 Å². The number of hydrogen-bond donors (Lipinski definition) is 8. The van der Waals surface area contributed by atoms with E-state index >= 15 is 0 Å². The molecule has 0 fully saturated rings. The Labute approximate surface area is 207 Å². The van der Waals surface area contributed by atoms with E-state index in [0.717, 1.165) is 10.9 Å². The van der Waals surface area contributed by atoms with Crippen molar-refractivity contribution in [1.82, 2.24) is 20.9 Å². The van der Waals surface area contributed by atoms with Crippen LogP contribution in [-0.4, -0.2) is 76.1 Å². The number of aromatic amines is 1. The Morgan fingerprint density at radius 3 is 2.19 bits per heavy atom. The molecule has 2 rings (SSSR count). The maximum atomic E-state index is 12.9. The number of aliphatic carboxylic acids is 2. The minimum atomic E-state index is -1.58. The van der Waals surface area contributed by atoms with Crippen LogP contribution >= 0.6 is 0 Å². The third kappa shape index (κ3) is 8.36. The fourth-order valence-corrected chi connectivity index (χ4v) is 3.66. The molecule has 0 spiro atoms. The molecule has 3 amide bonds. The highest BCUT2D eigenvalue weighted by Gasteiger charge is 2.31. The van der Waals surface area contributed by atoms with Gasteiger partial charge in [0.2, 0.25) is 17.7 Å². The van der Waals surface area contributed by atoms with Crippen molar-refractivity contribution in [2.24, 2.45) is 11.5 Å². The molecule has 13 nitrogen and oxygen atoms in total. The van der Waals surface area contributed by atoms with Crippen LogP contribution in [0.25, 0.3) is 10.9 Å². The second kappa shape index (κ2) is 13.8. The third-order valence-corrected chi connectivity index (χ3v) is 5.51. The minimum absolute atomic E-state index is 0.0763. The number of hydrogen-bond acceptors (Lipinski definition) is 7. The number of nitrogens with two attached hydrogens (primary N) is 2. The van der Waals surface area contributed by atoms with Gasteiger partial charge in [-0.15, -0.1) is 0 Å². The fourth-order valence-electron chi connectivity index (χ4n) is 3.66. The maximum absolute atomic E-state index is 12.9. The molecule has 0 aliphatic carbocycles. The summed E-state index contributed by atoms with van der Waals surface area (Å²) in [7, 11) is 0. The van der Waals surface area contributed by atoms with Gasteiger partial charge in [-0.25, -0.2) is 4.79 Å². The fraction of sp³-hybridized carbons (Fsp3) is 0.435. The van der Waals surface area contributed by atoms with Crippen LogP contribution in [-0.2, 0) is 30.4 Å². The normalized spacial score (nSPS) is 13.4. The van der Waals surface area contributed by atoms with E-state index in [0.29, 0.717) is 24.9 Å². The summed E-state index contributed by atoms with van der Waals surface area (Å²) < 4.78 is 0. The van der Waals surface area contributed by atoms with Crippen LogP contribution < -0.4 is 27.4 Å². The van der Waals surface area contributed by atoms with Crippen molar-refractivity contribution in [2.75, 3.05) is 13.1 Å². The van der Waals surface area contributed by atoms with Crippen molar-refractivity contribution in [1.29, 1.82) is 0 Å². The summed E-state index contributed by atoms with van der Waals surface area (Å²) in [5, 5.41) is 26.8. The van der Waals surface area contributed by atoms with Gasteiger partial charge in [-0.1, -0.05) is 18.2 Å². The number of nitrogens with one attached hydrogen (secondary N) is 4. The van der Waals surface area contributed by atoms with Crippen molar-refractivity contribution in [3.05, 3.63) is 36.0 Å². The quantitative estimate of drug-likeness (QED) is 0.136. The molecule has 1 aromatic heterocycles. The van der Waals surface area contributed by atoms with Crippen LogP contribution in [0, 0.1) is 0 Å². The maximum Gasteiger partial charge on any atom is 0.326 e. The van der Waals surface area contributed by atoms with Gasteiger partial charge < -0.3 is 42.6 Å². The molecule has 0 aliphatic rings. The van der Waals surface area contributed by atoms with E-state index in [1.54, 1.807) is 18.3 Å². The van der Waals surface area contributed by atoms with Gasteiger partial charge in [-0.05, 0) is 37.4 Å². The van der Waals surface area contributed by atoms with E-state index in [2.05, 4.69) is 20.9 Å². The summed E-state index contributed by atoms with van der Waals surface area (Å²) in [6, 6.07) is 3.19. The van der Waals surface area contributed by atoms with Crippen LogP contribution in [0.3, 0.4) is 0 Å². The summed E-state index contributed by atoms with van der Waals surface area (Å²) in [5.74, 6) is -5.09. The van der Waals surface area contributed by atoms with E-state index in [9.17, 15) is 34.2 Å². The topological polar surface area (TPSA) is 230 Å². The molecule has 10 N–H and O–H groups in total. The number of aromatic nitrogens is 1. The van der Waals surface area contributed by atoms with Crippen LogP contribution in [0.4, 0.5) is 0 Å². The molecule has 2 aromatic rings. The Morgan fingerprint density at radius 2 is 1.56 bits per heavy atom. The van der Waals surface area contributed by atoms with Gasteiger partial charge in [0.15, 0.2) is 0 Å². The van der Waals surface area contributed by atoms with Crippen molar-refractivity contribution in [3.63, 3.8) is 0 Å². The van der Waals surface area contributed by atoms with Gasteiger partial charge in [0.25, 0.3) is 0 Å². The summed E-state index contributed by atoms with van der Waals surface area (Å²) >= 11 is 0. The van der Waals surface area contributed by atoms with Gasteiger partial charge in [0.1, 0.15) is 18.1 Å². The van der Waals surface area contributed by atoms with E-state index in [1.807, 2.05) is 12.1 Å². The Bertz CT molecular complexity index is 1090. The summed E-state index contributed by atoms with van der Waals surface area (Å²) in [4.78, 5) is 63.7. The lowest BCUT2D eigenvalue weighted by molar-refractivity contribution is -0.143. The Hall–Kier alpha value is -3.97. The SMILES string of the molecule is NCCCCC(NC(=O)CN)C(=O)NC(CC(=O)O)C(=O)NC(Cc1c[nH]c2ccccc12)C(=O)O. The van der Waals surface area contributed by atoms with Crippen LogP contribution in [0.5, 0.6) is 0 Å². The highest BCUT2D eigenvalue weighted by molar-refractivity contribution is 5.95. The number of carbonyl (C=O) groups excluding carboxylic acids is 3. The summed E-state index contributed by atoms with van der Waals surface area (Å²) in [6.07, 6.45) is 2.02. The largest absolute Gasteiger partial charge is 0.481 e. The van der Waals surface area contributed by atoms with Gasteiger partial charge >= 0.3 is 11.9 Å². The highest BCUT2D eigenvalue weighted by atomic mass is 16.4. The molecule has 196 valence electrons. The number of para-hydroxylation sites is 1. The zero-order valence-electron chi connectivity index (χ0n) is 19.7. The third-order valence-electron chi connectivity index (χ3n) is 5.51. The number of fused-ring (bicyclic) bond motifs is 1. The highest BCUT2D eigenvalue weighted by Crippen LogP contribution is 2.19. The number of H-pyrrole nitrogens is 1. The monoisotopic (exact) mass is 504 g/mol. The predicted octanol–water partition coefficient (Wildman–Crippen LogP) is -1.19. The number of unbranched alkanes of at least 4 members (excludes halogenated alkanes) is 1. The Balaban J connectivity index is 2.16. The number of rotatable bonds is 15. The van der Waals surface area contributed by atoms with Crippen LogP contribution in [0.2, 0.25) is 0 Å². The van der Waals surface area contributed by atoms with E-state index in [-0.39, 0.29) is 19.4 Å². The molecule has 0 aliphatic heterocycles. The molecule has 0 saturated heterocycles. The van der Waals surface area contributed by atoms with Gasteiger partial charge in [-0.3, -0.25) is 19.2 Å². The lowest BCUT2D eigenvalue weighted by Gasteiger charge is -2.23. The molecule has 36 heavy (non-hydrogen) atoms. The first-order valence-electron chi connectivity index (χ1n) is 11.5. The molecule has 3 unspecified atom stereocenters. The lowest BCUT2D eigenvalue weighted by Crippen LogP contribution is -2.57. The second-order valence-electron chi connectivity index (χ2n) is 8.23. The first kappa shape index (κ1) is 28.3. The second-order valence-corrected chi connectivity index (χ2v) is 8.23. The standard InChI is InChI=1S/C23H32N6O7/c24-8-4-3-7-16(27-19(30)11-25)21(33)28-17(10-20(31)32)22(34)29-18(23(35)36)9-13-12-26-15-6-2-1-5-14(13)15/h1-2,5-6,12,16-18,26H,3-4,7-11,24-25H2,(H,27,30)(H,28,33)(H,29,34)(H,31,32)(H,35,36). The average Bonchev–Trinajstić information content (AvgIpc) is 3.24. The molecule has 1 aromatic carbocycles. The van der Waals surface area contributed by atoms with E-state index < -0.39 is 54.2 Å². The molecule has 0 radical (unpaired) electrons. The van der Waals surface area contributed by atoms with Crippen molar-refractivity contribution >= 4 is 40.6 Å². The number of carbonyl (C=O) groups is 5. The number of carboxylic acid groups (broad SMARTS) is 2. The smallest absolute Gasteiger partial charge is 0.326 e. The Morgan fingerprint density at radius 1 is 0.889 bits per heavy atom. The van der Waals surface area contributed by atoms with Crippen LogP contribution in [0.15, 0.2) is 30.5 Å². The number of benzene rings is 1. The molecular weight excluding hydrogens is 472 g/mol. The predicted molar refractivity (Wildman–Crippen MR) is 130 cm³/mol. The number of amides is 3. The minimum Gasteiger partial charge on any atom is -0.481 e. The van der Waals surface area contributed by atoms with Crippen molar-refractivity contribution in [2.45, 2.75) is 50.2 Å². The molecule has 3 atom stereocenters. The summed E-state index contributed by atoms with van der Waals surface area (Å²) in [6.45, 7) is 0.00403. The zero-order chi connectivity index (χ0) is 26.7. The van der Waals surface area contributed by atoms with Crippen LogP contribution in [0.1, 0.15) is 31.2 Å². The lowest BCUT2D eigenvalue weighted by atomic mass is 10.0. The molecule has 13 heteroatoms. The van der Waals surface area contributed by atoms with Gasteiger partial charge in [-0.2, -0.15) is 0 Å². The summed E-state index contributed by atoms with van der Waals surface area (Å²) in [5.41, 5.74) is 12.2. The van der Waals surface area contributed by atoms with Crippen molar-refractivity contribution in [3.8, 4) is 0 Å². The van der Waals surface area contributed by atoms with Crippen molar-refractivity contribution < 1.29 is 34.2 Å². The average molecular weight is 505 g/mol. The van der Waals surface area contributed by atoms with Gasteiger partial charge in [0, 0.05) is 23.5 Å². The zero-order valence-corrected chi connectivity index (χ0v) is 19.7.